The number of nitrogen functional groups attached to an aromatic ring is 1. The predicted molar refractivity (Wildman–Crippen MR) is 164 cm³/mol. The largest absolute Gasteiger partial charge is 0.504 e. The number of aromatic hydroxyl groups is 1. The minimum atomic E-state index is -1.09. The second-order valence-corrected chi connectivity index (χ2v) is 10.2. The van der Waals surface area contributed by atoms with E-state index in [4.69, 9.17) is 21.4 Å². The van der Waals surface area contributed by atoms with Gasteiger partial charge in [0.2, 0.25) is 0 Å². The molecule has 0 fully saturated rings. The standard InChI is InChI=1S/C23H19N7.C9H8FNO4/c24-21-18(6-2-11-25-21)22-27-19-9-10-20(29-13-3-12-26-29)28-23(19)30(22)17-8-7-15-4-1-5-16(15)14-17;1-15-8-6(10)5(9(11)14)2-4(3-12)7(8)13/h2-3,6-14H,1,4-5H2,(H2,24,25);2-3,13H,1H3,(H2,11,14). The van der Waals surface area contributed by atoms with Crippen molar-refractivity contribution in [2.75, 3.05) is 12.8 Å². The number of halogens is 1. The van der Waals surface area contributed by atoms with Crippen LogP contribution < -0.4 is 16.2 Å². The summed E-state index contributed by atoms with van der Waals surface area (Å²) in [5, 5.41) is 13.6. The normalized spacial score (nSPS) is 12.0. The molecule has 6 aromatic rings. The van der Waals surface area contributed by atoms with Crippen LogP contribution in [0.15, 0.2) is 73.2 Å². The first kappa shape index (κ1) is 29.0. The molecule has 1 amide bonds. The Labute approximate surface area is 255 Å². The average Bonchev–Trinajstić information content (AvgIpc) is 3.81. The van der Waals surface area contributed by atoms with Gasteiger partial charge in [0, 0.05) is 24.3 Å². The number of fused-ring (bicyclic) bond motifs is 2. The van der Waals surface area contributed by atoms with Crippen LogP contribution in [0.3, 0.4) is 0 Å². The van der Waals surface area contributed by atoms with Crippen LogP contribution in [0.2, 0.25) is 0 Å². The fourth-order valence-corrected chi connectivity index (χ4v) is 5.31. The average molecular weight is 607 g/mol. The van der Waals surface area contributed by atoms with E-state index in [0.717, 1.165) is 60.1 Å². The Kier molecular flexibility index (Phi) is 7.65. The van der Waals surface area contributed by atoms with E-state index in [1.165, 1.54) is 17.5 Å². The molecular weight excluding hydrogens is 579 g/mol. The summed E-state index contributed by atoms with van der Waals surface area (Å²) >= 11 is 0. The number of benzene rings is 2. The lowest BCUT2D eigenvalue weighted by Crippen LogP contribution is -2.14. The van der Waals surface area contributed by atoms with Gasteiger partial charge in [-0.1, -0.05) is 6.07 Å². The molecule has 226 valence electrons. The minimum absolute atomic E-state index is 0.262. The van der Waals surface area contributed by atoms with Gasteiger partial charge in [-0.05, 0) is 78.9 Å². The Morgan fingerprint density at radius 1 is 1.07 bits per heavy atom. The summed E-state index contributed by atoms with van der Waals surface area (Å²) in [6.07, 6.45) is 9.03. The fraction of sp³-hybridized carbons (Fsp3) is 0.125. The van der Waals surface area contributed by atoms with Crippen molar-refractivity contribution in [3.8, 4) is 34.4 Å². The summed E-state index contributed by atoms with van der Waals surface area (Å²) in [5.41, 5.74) is 16.5. The third kappa shape index (κ3) is 5.31. The number of aromatic nitrogens is 6. The van der Waals surface area contributed by atoms with Crippen molar-refractivity contribution in [2.24, 2.45) is 5.73 Å². The van der Waals surface area contributed by atoms with Crippen molar-refractivity contribution in [3.05, 3.63) is 101 Å². The first-order valence-corrected chi connectivity index (χ1v) is 13.9. The minimum Gasteiger partial charge on any atom is -0.504 e. The summed E-state index contributed by atoms with van der Waals surface area (Å²) in [7, 11) is 1.09. The van der Waals surface area contributed by atoms with Gasteiger partial charge in [0.15, 0.2) is 40.9 Å². The number of rotatable bonds is 6. The number of primary amides is 1. The van der Waals surface area contributed by atoms with Crippen LogP contribution in [0.1, 0.15) is 38.3 Å². The number of aryl methyl sites for hydroxylation is 2. The highest BCUT2D eigenvalue weighted by Gasteiger charge is 2.22. The smallest absolute Gasteiger partial charge is 0.251 e. The van der Waals surface area contributed by atoms with Gasteiger partial charge in [-0.3, -0.25) is 14.2 Å². The van der Waals surface area contributed by atoms with Crippen LogP contribution in [0.25, 0.3) is 34.1 Å². The number of amides is 1. The number of hydrogen-bond donors (Lipinski definition) is 3. The first-order chi connectivity index (χ1) is 21.8. The highest BCUT2D eigenvalue weighted by atomic mass is 19.1. The summed E-state index contributed by atoms with van der Waals surface area (Å²) in [4.78, 5) is 35.3. The predicted octanol–water partition coefficient (Wildman–Crippen LogP) is 4.19. The van der Waals surface area contributed by atoms with E-state index >= 15 is 0 Å². The molecule has 0 saturated heterocycles. The molecule has 0 spiro atoms. The summed E-state index contributed by atoms with van der Waals surface area (Å²) < 4.78 is 21.7. The second kappa shape index (κ2) is 11.9. The molecule has 0 aliphatic heterocycles. The van der Waals surface area contributed by atoms with Crippen molar-refractivity contribution in [2.45, 2.75) is 19.3 Å². The monoisotopic (exact) mass is 606 g/mol. The summed E-state index contributed by atoms with van der Waals surface area (Å²) in [5.74, 6) is -1.45. The molecule has 0 atom stereocenters. The Balaban J connectivity index is 0.000000202. The number of anilines is 1. The molecule has 1 aliphatic rings. The molecule has 12 nitrogen and oxygen atoms in total. The van der Waals surface area contributed by atoms with Crippen molar-refractivity contribution in [1.29, 1.82) is 0 Å². The van der Waals surface area contributed by atoms with E-state index in [-0.39, 0.29) is 11.8 Å². The van der Waals surface area contributed by atoms with Gasteiger partial charge < -0.3 is 21.3 Å². The Bertz CT molecular complexity index is 2070. The van der Waals surface area contributed by atoms with E-state index in [1.807, 2.05) is 36.5 Å². The zero-order chi connectivity index (χ0) is 31.7. The molecule has 1 aliphatic carbocycles. The highest BCUT2D eigenvalue weighted by molar-refractivity contribution is 5.96. The molecule has 45 heavy (non-hydrogen) atoms. The van der Waals surface area contributed by atoms with E-state index < -0.39 is 28.8 Å². The topological polar surface area (TPSA) is 177 Å². The number of hydrogen-bond acceptors (Lipinski definition) is 9. The molecule has 0 saturated carbocycles. The zero-order valence-corrected chi connectivity index (χ0v) is 24.0. The molecule has 0 bridgehead atoms. The molecule has 5 N–H and O–H groups in total. The lowest BCUT2D eigenvalue weighted by molar-refractivity contribution is 0.0995. The molecule has 4 heterocycles. The molecule has 4 aromatic heterocycles. The lowest BCUT2D eigenvalue weighted by Gasteiger charge is -2.12. The number of methoxy groups -OCH3 is 1. The van der Waals surface area contributed by atoms with Gasteiger partial charge in [-0.2, -0.15) is 5.10 Å². The van der Waals surface area contributed by atoms with E-state index in [0.29, 0.717) is 5.82 Å². The number of nitrogens with two attached hydrogens (primary N) is 2. The number of phenols is 1. The maximum Gasteiger partial charge on any atom is 0.251 e. The Morgan fingerprint density at radius 3 is 2.60 bits per heavy atom. The van der Waals surface area contributed by atoms with E-state index in [1.54, 1.807) is 17.1 Å². The number of pyridine rings is 2. The van der Waals surface area contributed by atoms with E-state index in [2.05, 4.69) is 37.6 Å². The maximum absolute atomic E-state index is 13.4. The van der Waals surface area contributed by atoms with Gasteiger partial charge in [-0.25, -0.2) is 24.0 Å². The number of carbonyl (C=O) groups is 2. The Morgan fingerprint density at radius 2 is 1.89 bits per heavy atom. The van der Waals surface area contributed by atoms with Crippen molar-refractivity contribution in [3.63, 3.8) is 0 Å². The number of imidazole rings is 1. The molecular formula is C32H27FN8O4. The maximum atomic E-state index is 13.4. The third-order valence-corrected chi connectivity index (χ3v) is 7.47. The third-order valence-electron chi connectivity index (χ3n) is 7.47. The van der Waals surface area contributed by atoms with Gasteiger partial charge in [0.05, 0.1) is 23.8 Å². The lowest BCUT2D eigenvalue weighted by atomic mass is 10.1. The van der Waals surface area contributed by atoms with Gasteiger partial charge in [0.1, 0.15) is 11.3 Å². The van der Waals surface area contributed by atoms with Crippen LogP contribution >= 0.6 is 0 Å². The van der Waals surface area contributed by atoms with Crippen molar-refractivity contribution >= 4 is 29.2 Å². The molecule has 0 unspecified atom stereocenters. The SMILES string of the molecule is COc1c(O)c(C=O)cc(C(N)=O)c1F.Nc1ncccc1-c1nc2ccc(-n3cccn3)nc2n1-c1ccc2c(c1)CCC2. The quantitative estimate of drug-likeness (QED) is 0.235. The molecule has 2 aromatic carbocycles. The van der Waals surface area contributed by atoms with Crippen molar-refractivity contribution < 1.29 is 23.8 Å². The van der Waals surface area contributed by atoms with Gasteiger partial charge in [-0.15, -0.1) is 0 Å². The highest BCUT2D eigenvalue weighted by Crippen LogP contribution is 2.35. The fourth-order valence-electron chi connectivity index (χ4n) is 5.31. The molecule has 13 heteroatoms. The first-order valence-electron chi connectivity index (χ1n) is 13.9. The summed E-state index contributed by atoms with van der Waals surface area (Å²) in [6, 6.07) is 17.1. The van der Waals surface area contributed by atoms with Crippen LogP contribution in [-0.4, -0.2) is 53.7 Å². The van der Waals surface area contributed by atoms with E-state index in [9.17, 15) is 19.1 Å². The summed E-state index contributed by atoms with van der Waals surface area (Å²) in [6.45, 7) is 0. The van der Waals surface area contributed by atoms with Gasteiger partial charge >= 0.3 is 0 Å². The number of aldehydes is 1. The van der Waals surface area contributed by atoms with Crippen LogP contribution in [0, 0.1) is 5.82 Å². The van der Waals surface area contributed by atoms with Crippen LogP contribution in [-0.2, 0) is 12.8 Å². The number of nitrogens with zero attached hydrogens (tertiary/aromatic N) is 6. The molecule has 0 radical (unpaired) electrons. The zero-order valence-electron chi connectivity index (χ0n) is 24.0. The van der Waals surface area contributed by atoms with Crippen LogP contribution in [0.4, 0.5) is 10.2 Å². The number of carbonyl (C=O) groups excluding carboxylic acids is 2. The number of phenolic OH excluding ortho intramolecular Hbond substituents is 1. The van der Waals surface area contributed by atoms with Gasteiger partial charge in [0.25, 0.3) is 5.91 Å². The second-order valence-electron chi connectivity index (χ2n) is 10.2. The Hall–Kier alpha value is -6.11. The van der Waals surface area contributed by atoms with Crippen molar-refractivity contribution in [1.82, 2.24) is 29.3 Å². The molecule has 7 rings (SSSR count). The number of ether oxygens (including phenoxy) is 1. The van der Waals surface area contributed by atoms with Crippen LogP contribution in [0.5, 0.6) is 11.5 Å².